The van der Waals surface area contributed by atoms with Crippen LogP contribution in [0, 0.1) is 17.5 Å². The molecule has 0 spiro atoms. The molecule has 1 amide bonds. The Morgan fingerprint density at radius 1 is 1.05 bits per heavy atom. The maximum Gasteiger partial charge on any atom is 0.258 e. The molecule has 0 aliphatic carbocycles. The minimum atomic E-state index is -1.67. The van der Waals surface area contributed by atoms with Gasteiger partial charge in [0, 0.05) is 5.69 Å². The number of amides is 1. The minimum absolute atomic E-state index is 0.382. The highest BCUT2D eigenvalue weighted by molar-refractivity contribution is 6.04. The van der Waals surface area contributed by atoms with Crippen molar-refractivity contribution in [2.24, 2.45) is 0 Å². The van der Waals surface area contributed by atoms with Crippen LogP contribution >= 0.6 is 0 Å². The van der Waals surface area contributed by atoms with Gasteiger partial charge in [-0.2, -0.15) is 0 Å². The van der Waals surface area contributed by atoms with Gasteiger partial charge in [0.15, 0.2) is 17.5 Å². The lowest BCUT2D eigenvalue weighted by Crippen LogP contribution is -2.15. The maximum absolute atomic E-state index is 13.5. The van der Waals surface area contributed by atoms with Gasteiger partial charge in [0.1, 0.15) is 5.75 Å². The molecule has 0 aliphatic rings. The van der Waals surface area contributed by atoms with Gasteiger partial charge in [0.05, 0.1) is 12.2 Å². The second-order valence-corrected chi connectivity index (χ2v) is 4.13. The number of anilines is 1. The standard InChI is InChI=1S/C15H12F3NO2/c1-2-21-10-5-3-9(4-6-10)19-15(20)11-7-8-12(16)14(18)13(11)17/h3-8H,2H2,1H3,(H,19,20). The number of halogens is 3. The summed E-state index contributed by atoms with van der Waals surface area (Å²) in [5.74, 6) is -4.78. The van der Waals surface area contributed by atoms with Crippen LogP contribution in [0.25, 0.3) is 0 Å². The Balaban J connectivity index is 2.16. The molecule has 0 aromatic heterocycles. The Bertz CT molecular complexity index is 657. The smallest absolute Gasteiger partial charge is 0.258 e. The van der Waals surface area contributed by atoms with Crippen LogP contribution in [0.4, 0.5) is 18.9 Å². The summed E-state index contributed by atoms with van der Waals surface area (Å²) in [4.78, 5) is 11.8. The van der Waals surface area contributed by atoms with E-state index in [1.165, 1.54) is 0 Å². The van der Waals surface area contributed by atoms with Crippen LogP contribution in [0.1, 0.15) is 17.3 Å². The fourth-order valence-corrected chi connectivity index (χ4v) is 1.70. The second-order valence-electron chi connectivity index (χ2n) is 4.13. The van der Waals surface area contributed by atoms with Crippen LogP contribution in [0.3, 0.4) is 0 Å². The van der Waals surface area contributed by atoms with E-state index in [1.807, 2.05) is 6.92 Å². The molecular weight excluding hydrogens is 283 g/mol. The lowest BCUT2D eigenvalue weighted by molar-refractivity contribution is 0.102. The van der Waals surface area contributed by atoms with Crippen molar-refractivity contribution in [3.63, 3.8) is 0 Å². The van der Waals surface area contributed by atoms with Gasteiger partial charge in [-0.15, -0.1) is 0 Å². The third kappa shape index (κ3) is 3.34. The van der Waals surface area contributed by atoms with Crippen molar-refractivity contribution in [3.05, 3.63) is 59.4 Å². The molecule has 2 aromatic rings. The molecule has 6 heteroatoms. The van der Waals surface area contributed by atoms with Gasteiger partial charge in [-0.3, -0.25) is 4.79 Å². The van der Waals surface area contributed by atoms with E-state index < -0.39 is 28.9 Å². The van der Waals surface area contributed by atoms with Gasteiger partial charge in [-0.25, -0.2) is 13.2 Å². The molecule has 1 N–H and O–H groups in total. The molecule has 110 valence electrons. The summed E-state index contributed by atoms with van der Waals surface area (Å²) in [6.45, 7) is 2.34. The molecule has 0 aliphatic heterocycles. The van der Waals surface area contributed by atoms with E-state index in [-0.39, 0.29) is 0 Å². The van der Waals surface area contributed by atoms with E-state index in [0.717, 1.165) is 6.07 Å². The molecule has 0 saturated carbocycles. The fourth-order valence-electron chi connectivity index (χ4n) is 1.70. The van der Waals surface area contributed by atoms with Crippen molar-refractivity contribution < 1.29 is 22.7 Å². The van der Waals surface area contributed by atoms with Gasteiger partial charge in [0.25, 0.3) is 5.91 Å². The van der Waals surface area contributed by atoms with Crippen LogP contribution in [0.5, 0.6) is 5.75 Å². The Morgan fingerprint density at radius 2 is 1.71 bits per heavy atom. The number of nitrogens with one attached hydrogen (secondary N) is 1. The van der Waals surface area contributed by atoms with Crippen LogP contribution in [0.15, 0.2) is 36.4 Å². The summed E-state index contributed by atoms with van der Waals surface area (Å²) in [5.41, 5.74) is -0.185. The van der Waals surface area contributed by atoms with Crippen molar-refractivity contribution in [1.29, 1.82) is 0 Å². The number of carbonyl (C=O) groups excluding carboxylic acids is 1. The number of benzene rings is 2. The molecular formula is C15H12F3NO2. The van der Waals surface area contributed by atoms with Gasteiger partial charge < -0.3 is 10.1 Å². The lowest BCUT2D eigenvalue weighted by Gasteiger charge is -2.08. The fraction of sp³-hybridized carbons (Fsp3) is 0.133. The van der Waals surface area contributed by atoms with Gasteiger partial charge in [-0.05, 0) is 43.3 Å². The normalized spacial score (nSPS) is 10.3. The Hall–Kier alpha value is -2.50. The largest absolute Gasteiger partial charge is 0.494 e. The van der Waals surface area contributed by atoms with Crippen molar-refractivity contribution in [3.8, 4) is 5.75 Å². The molecule has 21 heavy (non-hydrogen) atoms. The number of carbonyl (C=O) groups is 1. The average Bonchev–Trinajstić information content (AvgIpc) is 2.47. The van der Waals surface area contributed by atoms with Crippen molar-refractivity contribution in [2.45, 2.75) is 6.92 Å². The molecule has 0 fully saturated rings. The van der Waals surface area contributed by atoms with Crippen LogP contribution < -0.4 is 10.1 Å². The molecule has 0 unspecified atom stereocenters. The summed E-state index contributed by atoms with van der Waals surface area (Å²) in [6.07, 6.45) is 0. The monoisotopic (exact) mass is 295 g/mol. The number of hydrogen-bond donors (Lipinski definition) is 1. The lowest BCUT2D eigenvalue weighted by atomic mass is 10.1. The van der Waals surface area contributed by atoms with Crippen molar-refractivity contribution in [2.75, 3.05) is 11.9 Å². The topological polar surface area (TPSA) is 38.3 Å². The van der Waals surface area contributed by atoms with Gasteiger partial charge in [-0.1, -0.05) is 0 Å². The van der Waals surface area contributed by atoms with Crippen LogP contribution in [-0.4, -0.2) is 12.5 Å². The van der Waals surface area contributed by atoms with E-state index in [9.17, 15) is 18.0 Å². The molecule has 0 bridgehead atoms. The molecule has 2 aromatic carbocycles. The first kappa shape index (κ1) is 14.9. The summed E-state index contributed by atoms with van der Waals surface area (Å²) in [7, 11) is 0. The third-order valence-electron chi connectivity index (χ3n) is 2.70. The number of rotatable bonds is 4. The van der Waals surface area contributed by atoms with Gasteiger partial charge >= 0.3 is 0 Å². The van der Waals surface area contributed by atoms with Gasteiger partial charge in [0.2, 0.25) is 0 Å². The summed E-state index contributed by atoms with van der Waals surface area (Å²) >= 11 is 0. The van der Waals surface area contributed by atoms with Crippen molar-refractivity contribution >= 4 is 11.6 Å². The second kappa shape index (κ2) is 6.30. The quantitative estimate of drug-likeness (QED) is 0.872. The zero-order valence-corrected chi connectivity index (χ0v) is 11.1. The molecule has 0 heterocycles. The highest BCUT2D eigenvalue weighted by Gasteiger charge is 2.18. The van der Waals surface area contributed by atoms with E-state index >= 15 is 0 Å². The maximum atomic E-state index is 13.5. The summed E-state index contributed by atoms with van der Waals surface area (Å²) in [5, 5.41) is 2.39. The van der Waals surface area contributed by atoms with Crippen LogP contribution in [0.2, 0.25) is 0 Å². The highest BCUT2D eigenvalue weighted by Crippen LogP contribution is 2.19. The van der Waals surface area contributed by atoms with E-state index in [1.54, 1.807) is 24.3 Å². The predicted octanol–water partition coefficient (Wildman–Crippen LogP) is 3.75. The molecule has 3 nitrogen and oxygen atoms in total. The Kier molecular flexibility index (Phi) is 4.47. The van der Waals surface area contributed by atoms with E-state index in [4.69, 9.17) is 4.74 Å². The zero-order valence-electron chi connectivity index (χ0n) is 11.1. The average molecular weight is 295 g/mol. The number of ether oxygens (including phenoxy) is 1. The van der Waals surface area contributed by atoms with Crippen LogP contribution in [-0.2, 0) is 0 Å². The molecule has 0 saturated heterocycles. The highest BCUT2D eigenvalue weighted by atomic mass is 19.2. The van der Waals surface area contributed by atoms with E-state index in [2.05, 4.69) is 5.32 Å². The summed E-state index contributed by atoms with van der Waals surface area (Å²) < 4.78 is 44.6. The molecule has 0 atom stereocenters. The Labute approximate surface area is 119 Å². The Morgan fingerprint density at radius 3 is 2.33 bits per heavy atom. The first-order valence-electron chi connectivity index (χ1n) is 6.20. The first-order chi connectivity index (χ1) is 10.0. The number of hydrogen-bond acceptors (Lipinski definition) is 2. The predicted molar refractivity (Wildman–Crippen MR) is 71.9 cm³/mol. The summed E-state index contributed by atoms with van der Waals surface area (Å²) in [6, 6.07) is 7.95. The first-order valence-corrected chi connectivity index (χ1v) is 6.20. The van der Waals surface area contributed by atoms with Crippen molar-refractivity contribution in [1.82, 2.24) is 0 Å². The zero-order chi connectivity index (χ0) is 15.4. The third-order valence-corrected chi connectivity index (χ3v) is 2.70. The minimum Gasteiger partial charge on any atom is -0.494 e. The molecule has 2 rings (SSSR count). The van der Waals surface area contributed by atoms with E-state index in [0.29, 0.717) is 24.1 Å². The molecule has 0 radical (unpaired) electrons. The SMILES string of the molecule is CCOc1ccc(NC(=O)c2ccc(F)c(F)c2F)cc1.